The summed E-state index contributed by atoms with van der Waals surface area (Å²) in [5.74, 6) is 1.34. The number of aromatic nitrogens is 1. The van der Waals surface area contributed by atoms with Gasteiger partial charge in [0.15, 0.2) is 5.11 Å². The third-order valence-electron chi connectivity index (χ3n) is 5.41. The molecular formula is C24H18N4O3S. The van der Waals surface area contributed by atoms with Crippen LogP contribution >= 0.6 is 12.2 Å². The largest absolute Gasteiger partial charge is 0.459 e. The highest BCUT2D eigenvalue weighted by atomic mass is 32.1. The lowest BCUT2D eigenvalue weighted by Gasteiger charge is -2.26. The van der Waals surface area contributed by atoms with Crippen molar-refractivity contribution < 1.29 is 9.34 Å². The lowest BCUT2D eigenvalue weighted by Crippen LogP contribution is -2.29. The number of para-hydroxylation sites is 1. The molecule has 158 valence electrons. The Bertz CT molecular complexity index is 1260. The van der Waals surface area contributed by atoms with E-state index in [0.717, 1.165) is 16.9 Å². The minimum absolute atomic E-state index is 0.0383. The van der Waals surface area contributed by atoms with E-state index in [4.69, 9.17) is 16.6 Å². The van der Waals surface area contributed by atoms with Crippen molar-refractivity contribution in [1.29, 1.82) is 0 Å². The van der Waals surface area contributed by atoms with Crippen LogP contribution in [0.1, 0.15) is 23.5 Å². The zero-order valence-corrected chi connectivity index (χ0v) is 17.6. The predicted molar refractivity (Wildman–Crippen MR) is 125 cm³/mol. The van der Waals surface area contributed by atoms with E-state index < -0.39 is 4.92 Å². The highest BCUT2D eigenvalue weighted by molar-refractivity contribution is 7.80. The van der Waals surface area contributed by atoms with E-state index in [2.05, 4.69) is 10.3 Å². The van der Waals surface area contributed by atoms with Gasteiger partial charge in [-0.05, 0) is 60.7 Å². The molecule has 1 N–H and O–H groups in total. The summed E-state index contributed by atoms with van der Waals surface area (Å²) in [6.45, 7) is 0. The zero-order chi connectivity index (χ0) is 22.1. The second-order valence-electron chi connectivity index (χ2n) is 7.34. The van der Waals surface area contributed by atoms with Crippen LogP contribution in [0.25, 0.3) is 11.3 Å². The molecule has 0 amide bonds. The number of rotatable bonds is 5. The van der Waals surface area contributed by atoms with Gasteiger partial charge in [-0.1, -0.05) is 24.3 Å². The van der Waals surface area contributed by atoms with Crippen LogP contribution in [0.3, 0.4) is 0 Å². The number of nitro benzene ring substituents is 1. The van der Waals surface area contributed by atoms with Crippen LogP contribution in [-0.4, -0.2) is 15.0 Å². The average Bonchev–Trinajstić information content (AvgIpc) is 3.45. The number of furan rings is 1. The molecule has 1 fully saturated rings. The number of anilines is 1. The topological polar surface area (TPSA) is 84.4 Å². The van der Waals surface area contributed by atoms with Crippen molar-refractivity contribution >= 4 is 28.7 Å². The molecule has 8 heteroatoms. The van der Waals surface area contributed by atoms with E-state index >= 15 is 0 Å². The molecule has 7 nitrogen and oxygen atoms in total. The number of benzene rings is 2. The summed E-state index contributed by atoms with van der Waals surface area (Å²) < 4.78 is 6.27. The van der Waals surface area contributed by atoms with Crippen molar-refractivity contribution in [2.24, 2.45) is 0 Å². The highest BCUT2D eigenvalue weighted by Gasteiger charge is 2.42. The van der Waals surface area contributed by atoms with Crippen molar-refractivity contribution in [3.8, 4) is 11.3 Å². The van der Waals surface area contributed by atoms with Crippen molar-refractivity contribution in [2.75, 3.05) is 4.90 Å². The summed E-state index contributed by atoms with van der Waals surface area (Å²) in [7, 11) is 0. The van der Waals surface area contributed by atoms with Gasteiger partial charge in [-0.25, -0.2) is 0 Å². The first-order valence-electron chi connectivity index (χ1n) is 10.0. The van der Waals surface area contributed by atoms with Gasteiger partial charge < -0.3 is 14.6 Å². The zero-order valence-electron chi connectivity index (χ0n) is 16.8. The highest BCUT2D eigenvalue weighted by Crippen LogP contribution is 2.42. The van der Waals surface area contributed by atoms with Gasteiger partial charge in [0.05, 0.1) is 16.7 Å². The Balaban J connectivity index is 1.56. The number of non-ortho nitro benzene ring substituents is 1. The standard InChI is InChI=1S/C24H18N4O3S/c29-28(30)18-11-9-16(10-12-18)20-13-14-21(31-20)23-22(19-8-4-5-15-25-19)26-24(32)27(23)17-6-2-1-3-7-17/h1-15,22-23H,(H,26,32)/t22-,23-/m1/s1. The Morgan fingerprint density at radius 2 is 1.72 bits per heavy atom. The molecule has 4 aromatic rings. The molecule has 0 aliphatic carbocycles. The summed E-state index contributed by atoms with van der Waals surface area (Å²) in [5, 5.41) is 14.9. The maximum atomic E-state index is 11.0. The van der Waals surface area contributed by atoms with Crippen molar-refractivity contribution in [2.45, 2.75) is 12.1 Å². The summed E-state index contributed by atoms with van der Waals surface area (Å²) in [6.07, 6.45) is 1.76. The number of nitro groups is 1. The van der Waals surface area contributed by atoms with Crippen LogP contribution in [0.4, 0.5) is 11.4 Å². The van der Waals surface area contributed by atoms with Crippen LogP contribution in [0.5, 0.6) is 0 Å². The minimum Gasteiger partial charge on any atom is -0.459 e. The summed E-state index contributed by atoms with van der Waals surface area (Å²) in [4.78, 5) is 17.1. The molecule has 1 aliphatic heterocycles. The fraction of sp³-hybridized carbons (Fsp3) is 0.0833. The Labute approximate surface area is 189 Å². The fourth-order valence-electron chi connectivity index (χ4n) is 3.92. The Kier molecular flexibility index (Phi) is 5.12. The van der Waals surface area contributed by atoms with Gasteiger partial charge in [0.25, 0.3) is 5.69 Å². The molecule has 0 spiro atoms. The third kappa shape index (κ3) is 3.61. The average molecular weight is 443 g/mol. The summed E-state index contributed by atoms with van der Waals surface area (Å²) >= 11 is 5.70. The van der Waals surface area contributed by atoms with E-state index in [1.165, 1.54) is 12.1 Å². The molecule has 0 bridgehead atoms. The van der Waals surface area contributed by atoms with Gasteiger partial charge in [0.1, 0.15) is 17.6 Å². The number of pyridine rings is 1. The normalized spacial score (nSPS) is 17.9. The van der Waals surface area contributed by atoms with E-state index in [0.29, 0.717) is 16.6 Å². The van der Waals surface area contributed by atoms with E-state index in [1.54, 1.807) is 18.3 Å². The number of hydrogen-bond acceptors (Lipinski definition) is 5. The first kappa shape index (κ1) is 19.9. The molecule has 0 radical (unpaired) electrons. The van der Waals surface area contributed by atoms with Gasteiger partial charge in [0.2, 0.25) is 0 Å². The lowest BCUT2D eigenvalue weighted by atomic mass is 10.0. The van der Waals surface area contributed by atoms with Crippen LogP contribution in [0, 0.1) is 10.1 Å². The maximum absolute atomic E-state index is 11.0. The van der Waals surface area contributed by atoms with E-state index in [9.17, 15) is 10.1 Å². The molecular weight excluding hydrogens is 424 g/mol. The lowest BCUT2D eigenvalue weighted by molar-refractivity contribution is -0.384. The number of nitrogens with one attached hydrogen (secondary N) is 1. The van der Waals surface area contributed by atoms with E-state index in [-0.39, 0.29) is 17.8 Å². The molecule has 32 heavy (non-hydrogen) atoms. The second-order valence-corrected chi connectivity index (χ2v) is 7.72. The Morgan fingerprint density at radius 3 is 2.41 bits per heavy atom. The van der Waals surface area contributed by atoms with Gasteiger partial charge in [-0.3, -0.25) is 15.1 Å². The maximum Gasteiger partial charge on any atom is 0.269 e. The van der Waals surface area contributed by atoms with Gasteiger partial charge in [-0.2, -0.15) is 0 Å². The van der Waals surface area contributed by atoms with Gasteiger partial charge >= 0.3 is 0 Å². The number of hydrogen-bond donors (Lipinski definition) is 1. The van der Waals surface area contributed by atoms with Gasteiger partial charge in [0, 0.05) is 29.6 Å². The first-order valence-corrected chi connectivity index (χ1v) is 10.4. The van der Waals surface area contributed by atoms with Crippen molar-refractivity contribution in [3.05, 3.63) is 113 Å². The quantitative estimate of drug-likeness (QED) is 0.251. The molecule has 2 aromatic heterocycles. The molecule has 1 aliphatic rings. The van der Waals surface area contributed by atoms with Crippen molar-refractivity contribution in [3.63, 3.8) is 0 Å². The smallest absolute Gasteiger partial charge is 0.269 e. The minimum atomic E-state index is -0.419. The third-order valence-corrected chi connectivity index (χ3v) is 5.73. The SMILES string of the molecule is O=[N+]([O-])c1ccc(-c2ccc([C@@H]3[C@@H](c4ccccn4)NC(=S)N3c3ccccc3)o2)cc1. The number of thiocarbonyl (C=S) groups is 1. The summed E-state index contributed by atoms with van der Waals surface area (Å²) in [6, 6.07) is 25.3. The van der Waals surface area contributed by atoms with Crippen LogP contribution in [0.15, 0.2) is 95.5 Å². The van der Waals surface area contributed by atoms with Crippen molar-refractivity contribution in [1.82, 2.24) is 10.3 Å². The molecule has 0 saturated carbocycles. The Hall–Kier alpha value is -4.04. The van der Waals surface area contributed by atoms with Crippen LogP contribution < -0.4 is 10.2 Å². The molecule has 3 heterocycles. The molecule has 2 atom stereocenters. The molecule has 1 saturated heterocycles. The Morgan fingerprint density at radius 1 is 0.969 bits per heavy atom. The second kappa shape index (κ2) is 8.24. The number of nitrogens with zero attached hydrogens (tertiary/aromatic N) is 3. The monoisotopic (exact) mass is 442 g/mol. The molecule has 2 aromatic carbocycles. The fourth-order valence-corrected chi connectivity index (χ4v) is 4.27. The molecule has 0 unspecified atom stereocenters. The van der Waals surface area contributed by atoms with E-state index in [1.807, 2.05) is 65.6 Å². The first-order chi connectivity index (χ1) is 15.6. The van der Waals surface area contributed by atoms with Crippen LogP contribution in [-0.2, 0) is 0 Å². The van der Waals surface area contributed by atoms with Crippen LogP contribution in [0.2, 0.25) is 0 Å². The predicted octanol–water partition coefficient (Wildman–Crippen LogP) is 5.43. The molecule has 5 rings (SSSR count). The summed E-state index contributed by atoms with van der Waals surface area (Å²) in [5.41, 5.74) is 2.60. The van der Waals surface area contributed by atoms with Gasteiger partial charge in [-0.15, -0.1) is 0 Å².